The number of allylic oxidation sites excluding steroid dienone is 1. The molecule has 0 fully saturated rings. The first-order valence-corrected chi connectivity index (χ1v) is 3.52. The fourth-order valence-corrected chi connectivity index (χ4v) is 1.08. The van der Waals surface area contributed by atoms with E-state index >= 15 is 0 Å². The van der Waals surface area contributed by atoms with Gasteiger partial charge >= 0.3 is 0 Å². The van der Waals surface area contributed by atoms with Crippen molar-refractivity contribution in [1.82, 2.24) is 5.32 Å². The van der Waals surface area contributed by atoms with Crippen molar-refractivity contribution in [3.63, 3.8) is 0 Å². The molecule has 1 nitrogen and oxygen atoms in total. The second-order valence-corrected chi connectivity index (χ2v) is 2.53. The van der Waals surface area contributed by atoms with Gasteiger partial charge in [-0.1, -0.05) is 18.7 Å². The Hall–Kier alpha value is -0.370. The van der Waals surface area contributed by atoms with Gasteiger partial charge in [-0.3, -0.25) is 5.32 Å². The molecule has 0 spiro atoms. The average Bonchev–Trinajstić information content (AvgIpc) is 1.90. The fourth-order valence-electron chi connectivity index (χ4n) is 0.484. The van der Waals surface area contributed by atoms with Crippen molar-refractivity contribution in [1.29, 1.82) is 0 Å². The quantitative estimate of drug-likeness (QED) is 0.524. The van der Waals surface area contributed by atoms with Gasteiger partial charge in [0.2, 0.25) is 0 Å². The summed E-state index contributed by atoms with van der Waals surface area (Å²) in [5.41, 5.74) is 0. The van der Waals surface area contributed by atoms with Gasteiger partial charge in [-0.05, 0) is 11.8 Å². The molecule has 1 aliphatic heterocycles. The highest BCUT2D eigenvalue weighted by molar-refractivity contribution is 8.05. The zero-order valence-electron chi connectivity index (χ0n) is 4.79. The van der Waals surface area contributed by atoms with Gasteiger partial charge in [0.05, 0.1) is 0 Å². The standard InChI is InChI=1S/C6H8NS/c1-2-6-5-7-3-4-8-6/h3-5H,2H2,1H3. The Bertz CT molecular complexity index is 126. The molecule has 1 aliphatic rings. The van der Waals surface area contributed by atoms with Gasteiger partial charge in [-0.25, -0.2) is 0 Å². The Labute approximate surface area is 53.9 Å². The van der Waals surface area contributed by atoms with Gasteiger partial charge in [0.15, 0.2) is 0 Å². The van der Waals surface area contributed by atoms with Gasteiger partial charge in [0.25, 0.3) is 0 Å². The molecule has 0 saturated carbocycles. The summed E-state index contributed by atoms with van der Waals surface area (Å²) in [7, 11) is 0. The van der Waals surface area contributed by atoms with Crippen LogP contribution in [-0.2, 0) is 0 Å². The second-order valence-electron chi connectivity index (χ2n) is 1.50. The molecule has 0 amide bonds. The third-order valence-corrected chi connectivity index (χ3v) is 1.89. The van der Waals surface area contributed by atoms with E-state index in [1.807, 2.05) is 17.8 Å². The third kappa shape index (κ3) is 1.30. The lowest BCUT2D eigenvalue weighted by Gasteiger charge is -2.01. The van der Waals surface area contributed by atoms with Crippen LogP contribution in [0.2, 0.25) is 0 Å². The van der Waals surface area contributed by atoms with Crippen LogP contribution in [-0.4, -0.2) is 0 Å². The summed E-state index contributed by atoms with van der Waals surface area (Å²) < 4.78 is 0. The third-order valence-electron chi connectivity index (χ3n) is 0.933. The molecule has 0 atom stereocenters. The molecule has 2 heteroatoms. The highest BCUT2D eigenvalue weighted by atomic mass is 32.2. The lowest BCUT2D eigenvalue weighted by molar-refractivity contribution is 1.10. The Balaban J connectivity index is 2.43. The Kier molecular flexibility index (Phi) is 2.03. The zero-order valence-corrected chi connectivity index (χ0v) is 5.61. The highest BCUT2D eigenvalue weighted by Gasteiger charge is 1.94. The van der Waals surface area contributed by atoms with E-state index < -0.39 is 0 Å². The average molecular weight is 126 g/mol. The molecule has 0 N–H and O–H groups in total. The number of hydrogen-bond acceptors (Lipinski definition) is 1. The summed E-state index contributed by atoms with van der Waals surface area (Å²) >= 11 is 1.75. The molecule has 1 heterocycles. The van der Waals surface area contributed by atoms with Crippen LogP contribution in [0.5, 0.6) is 0 Å². The summed E-state index contributed by atoms with van der Waals surface area (Å²) in [6.07, 6.45) is 4.81. The summed E-state index contributed by atoms with van der Waals surface area (Å²) in [5, 5.41) is 5.96. The minimum Gasteiger partial charge on any atom is -0.263 e. The zero-order chi connectivity index (χ0) is 5.82. The normalized spacial score (nSPS) is 17.4. The lowest BCUT2D eigenvalue weighted by atomic mass is 10.5. The Morgan fingerprint density at radius 3 is 3.00 bits per heavy atom. The molecule has 0 aliphatic carbocycles. The van der Waals surface area contributed by atoms with Crippen molar-refractivity contribution in [3.8, 4) is 0 Å². The van der Waals surface area contributed by atoms with Crippen LogP contribution in [0.15, 0.2) is 22.7 Å². The van der Waals surface area contributed by atoms with Crippen LogP contribution < -0.4 is 5.32 Å². The number of thioether (sulfide) groups is 1. The molecule has 0 unspecified atom stereocenters. The summed E-state index contributed by atoms with van der Waals surface area (Å²) in [6.45, 7) is 2.13. The molecular weight excluding hydrogens is 118 g/mol. The van der Waals surface area contributed by atoms with Crippen LogP contribution in [0, 0.1) is 0 Å². The van der Waals surface area contributed by atoms with Crippen LogP contribution in [0.4, 0.5) is 0 Å². The van der Waals surface area contributed by atoms with Crippen LogP contribution >= 0.6 is 11.8 Å². The molecule has 0 bridgehead atoms. The largest absolute Gasteiger partial charge is 0.263 e. The maximum Gasteiger partial charge on any atom is 0.0366 e. The first-order chi connectivity index (χ1) is 3.93. The monoisotopic (exact) mass is 126 g/mol. The van der Waals surface area contributed by atoms with E-state index in [4.69, 9.17) is 0 Å². The lowest BCUT2D eigenvalue weighted by Crippen LogP contribution is -1.87. The van der Waals surface area contributed by atoms with Crippen molar-refractivity contribution in [2.75, 3.05) is 0 Å². The van der Waals surface area contributed by atoms with E-state index in [9.17, 15) is 0 Å². The molecule has 1 radical (unpaired) electrons. The van der Waals surface area contributed by atoms with Gasteiger partial charge in [0, 0.05) is 17.3 Å². The van der Waals surface area contributed by atoms with E-state index in [-0.39, 0.29) is 0 Å². The molecular formula is C6H8NS. The van der Waals surface area contributed by atoms with E-state index in [0.29, 0.717) is 0 Å². The predicted molar refractivity (Wildman–Crippen MR) is 37.2 cm³/mol. The van der Waals surface area contributed by atoms with Crippen molar-refractivity contribution in [3.05, 3.63) is 22.7 Å². The van der Waals surface area contributed by atoms with Gasteiger partial charge in [0.1, 0.15) is 0 Å². The maximum atomic E-state index is 3.97. The smallest absolute Gasteiger partial charge is 0.0366 e. The molecule has 1 rings (SSSR count). The summed E-state index contributed by atoms with van der Waals surface area (Å²) in [6, 6.07) is 0. The van der Waals surface area contributed by atoms with E-state index in [1.54, 1.807) is 11.8 Å². The molecule has 0 saturated heterocycles. The molecule has 8 heavy (non-hydrogen) atoms. The van der Waals surface area contributed by atoms with Crippen LogP contribution in [0.3, 0.4) is 0 Å². The predicted octanol–water partition coefficient (Wildman–Crippen LogP) is 2.06. The highest BCUT2D eigenvalue weighted by Crippen LogP contribution is 2.21. The van der Waals surface area contributed by atoms with Gasteiger partial charge in [-0.2, -0.15) is 0 Å². The minimum atomic E-state index is 1.10. The molecule has 43 valence electrons. The van der Waals surface area contributed by atoms with E-state index in [0.717, 1.165) is 6.42 Å². The van der Waals surface area contributed by atoms with Gasteiger partial charge < -0.3 is 0 Å². The number of nitrogens with zero attached hydrogens (tertiary/aromatic N) is 1. The van der Waals surface area contributed by atoms with Gasteiger partial charge in [-0.15, -0.1) is 0 Å². The topological polar surface area (TPSA) is 14.1 Å². The van der Waals surface area contributed by atoms with Crippen LogP contribution in [0.1, 0.15) is 13.3 Å². The van der Waals surface area contributed by atoms with Crippen molar-refractivity contribution in [2.24, 2.45) is 0 Å². The summed E-state index contributed by atoms with van der Waals surface area (Å²) in [4.78, 5) is 1.34. The maximum absolute atomic E-state index is 3.97. The molecule has 0 aromatic heterocycles. The van der Waals surface area contributed by atoms with Crippen molar-refractivity contribution in [2.45, 2.75) is 13.3 Å². The van der Waals surface area contributed by atoms with E-state index in [2.05, 4.69) is 12.2 Å². The first-order valence-electron chi connectivity index (χ1n) is 2.64. The summed E-state index contributed by atoms with van der Waals surface area (Å²) in [5.74, 6) is 0. The van der Waals surface area contributed by atoms with Crippen molar-refractivity contribution < 1.29 is 0 Å². The molecule has 0 aromatic rings. The van der Waals surface area contributed by atoms with Crippen LogP contribution in [0.25, 0.3) is 0 Å². The first kappa shape index (κ1) is 5.76. The second kappa shape index (κ2) is 2.82. The Morgan fingerprint density at radius 2 is 2.62 bits per heavy atom. The number of rotatable bonds is 1. The minimum absolute atomic E-state index is 1.10. The number of hydrogen-bond donors (Lipinski definition) is 0. The molecule has 0 aromatic carbocycles. The van der Waals surface area contributed by atoms with Crippen molar-refractivity contribution >= 4 is 11.8 Å². The SMILES string of the molecule is CCC1=C[N]C=CS1. The van der Waals surface area contributed by atoms with E-state index in [1.165, 1.54) is 4.91 Å². The fraction of sp³-hybridized carbons (Fsp3) is 0.333. The Morgan fingerprint density at radius 1 is 1.75 bits per heavy atom.